The number of nitrogens with one attached hydrogen (secondary N) is 1. The second-order valence-corrected chi connectivity index (χ2v) is 5.20. The van der Waals surface area contributed by atoms with Crippen LogP contribution >= 0.6 is 0 Å². The van der Waals surface area contributed by atoms with Gasteiger partial charge in [-0.2, -0.15) is 0 Å². The third kappa shape index (κ3) is 2.30. The highest BCUT2D eigenvalue weighted by Gasteiger charge is 2.28. The quantitative estimate of drug-likeness (QED) is 0.891. The monoisotopic (exact) mass is 259 g/mol. The fraction of sp³-hybridized carbons (Fsp3) is 0.375. The molecule has 1 N–H and O–H groups in total. The van der Waals surface area contributed by atoms with Crippen LogP contribution in [0.2, 0.25) is 0 Å². The lowest BCUT2D eigenvalue weighted by atomic mass is 9.92. The van der Waals surface area contributed by atoms with Crippen LogP contribution in [-0.4, -0.2) is 6.04 Å². The summed E-state index contributed by atoms with van der Waals surface area (Å²) >= 11 is 0. The third-order valence-corrected chi connectivity index (χ3v) is 3.70. The van der Waals surface area contributed by atoms with Gasteiger partial charge in [-0.15, -0.1) is 0 Å². The van der Waals surface area contributed by atoms with Crippen LogP contribution in [0.1, 0.15) is 42.5 Å². The predicted molar refractivity (Wildman–Crippen MR) is 72.6 cm³/mol. The molecule has 0 saturated carbocycles. The first kappa shape index (κ1) is 12.4. The number of aryl methyl sites for hydroxylation is 1. The van der Waals surface area contributed by atoms with Gasteiger partial charge in [0.25, 0.3) is 0 Å². The zero-order valence-corrected chi connectivity index (χ0v) is 11.2. The van der Waals surface area contributed by atoms with Crippen molar-refractivity contribution in [3.63, 3.8) is 0 Å². The molecule has 0 bridgehead atoms. The SMILES string of the molecule is CCc1cc2c(o1)CC(C)NC2c1ccc(F)cc1. The molecule has 2 heterocycles. The van der Waals surface area contributed by atoms with Crippen molar-refractivity contribution < 1.29 is 8.81 Å². The molecule has 0 spiro atoms. The molecular weight excluding hydrogens is 241 g/mol. The van der Waals surface area contributed by atoms with Gasteiger partial charge in [-0.05, 0) is 30.7 Å². The van der Waals surface area contributed by atoms with Crippen LogP contribution < -0.4 is 5.32 Å². The number of hydrogen-bond acceptors (Lipinski definition) is 2. The Morgan fingerprint density at radius 3 is 2.74 bits per heavy atom. The van der Waals surface area contributed by atoms with E-state index >= 15 is 0 Å². The first-order valence-corrected chi connectivity index (χ1v) is 6.80. The molecule has 3 rings (SSSR count). The minimum Gasteiger partial charge on any atom is -0.466 e. The lowest BCUT2D eigenvalue weighted by molar-refractivity contribution is 0.388. The van der Waals surface area contributed by atoms with E-state index < -0.39 is 0 Å². The van der Waals surface area contributed by atoms with E-state index in [1.54, 1.807) is 0 Å². The number of rotatable bonds is 2. The molecule has 0 fully saturated rings. The Bertz CT molecular complexity index is 573. The number of hydrogen-bond donors (Lipinski definition) is 1. The Morgan fingerprint density at radius 1 is 1.32 bits per heavy atom. The largest absolute Gasteiger partial charge is 0.466 e. The lowest BCUT2D eigenvalue weighted by Crippen LogP contribution is -2.37. The second kappa shape index (κ2) is 4.82. The maximum atomic E-state index is 13.0. The molecule has 100 valence electrons. The molecular formula is C16H18FNO. The van der Waals surface area contributed by atoms with Gasteiger partial charge >= 0.3 is 0 Å². The van der Waals surface area contributed by atoms with E-state index in [1.807, 2.05) is 12.1 Å². The van der Waals surface area contributed by atoms with Gasteiger partial charge in [0.05, 0.1) is 6.04 Å². The predicted octanol–water partition coefficient (Wildman–Crippen LogP) is 3.60. The molecule has 1 aromatic carbocycles. The Balaban J connectivity index is 2.02. The Kier molecular flexibility index (Phi) is 3.15. The smallest absolute Gasteiger partial charge is 0.123 e. The summed E-state index contributed by atoms with van der Waals surface area (Å²) in [7, 11) is 0. The van der Waals surface area contributed by atoms with Crippen LogP contribution in [-0.2, 0) is 12.8 Å². The second-order valence-electron chi connectivity index (χ2n) is 5.20. The van der Waals surface area contributed by atoms with E-state index in [-0.39, 0.29) is 11.9 Å². The molecule has 2 aromatic rings. The van der Waals surface area contributed by atoms with Crippen molar-refractivity contribution in [1.29, 1.82) is 0 Å². The molecule has 3 heteroatoms. The van der Waals surface area contributed by atoms with Crippen molar-refractivity contribution in [3.8, 4) is 0 Å². The summed E-state index contributed by atoms with van der Waals surface area (Å²) in [4.78, 5) is 0. The molecule has 19 heavy (non-hydrogen) atoms. The molecule has 2 nitrogen and oxygen atoms in total. The molecule has 0 saturated heterocycles. The van der Waals surface area contributed by atoms with Gasteiger partial charge in [0.1, 0.15) is 17.3 Å². The highest BCUT2D eigenvalue weighted by Crippen LogP contribution is 2.33. The first-order valence-electron chi connectivity index (χ1n) is 6.80. The first-order chi connectivity index (χ1) is 9.17. The standard InChI is InChI=1S/C16H18FNO/c1-3-13-9-14-15(19-13)8-10(2)18-16(14)11-4-6-12(17)7-5-11/h4-7,9-10,16,18H,3,8H2,1-2H3. The van der Waals surface area contributed by atoms with Crippen molar-refractivity contribution in [1.82, 2.24) is 5.32 Å². The van der Waals surface area contributed by atoms with E-state index in [0.717, 1.165) is 29.9 Å². The fourth-order valence-electron chi connectivity index (χ4n) is 2.72. The molecule has 0 radical (unpaired) electrons. The van der Waals surface area contributed by atoms with Gasteiger partial charge in [0, 0.05) is 24.4 Å². The zero-order chi connectivity index (χ0) is 13.4. The summed E-state index contributed by atoms with van der Waals surface area (Å²) < 4.78 is 18.9. The van der Waals surface area contributed by atoms with Crippen LogP contribution in [0, 0.1) is 5.82 Å². The van der Waals surface area contributed by atoms with Gasteiger partial charge in [0.15, 0.2) is 0 Å². The van der Waals surface area contributed by atoms with E-state index in [9.17, 15) is 4.39 Å². The number of halogens is 1. The Labute approximate surface area is 112 Å². The molecule has 0 amide bonds. The van der Waals surface area contributed by atoms with Crippen LogP contribution in [0.15, 0.2) is 34.7 Å². The van der Waals surface area contributed by atoms with Crippen LogP contribution in [0.4, 0.5) is 4.39 Å². The zero-order valence-electron chi connectivity index (χ0n) is 11.2. The number of benzene rings is 1. The average Bonchev–Trinajstić information content (AvgIpc) is 2.81. The average molecular weight is 259 g/mol. The van der Waals surface area contributed by atoms with Crippen LogP contribution in [0.5, 0.6) is 0 Å². The highest BCUT2D eigenvalue weighted by atomic mass is 19.1. The summed E-state index contributed by atoms with van der Waals surface area (Å²) in [6.07, 6.45) is 1.81. The maximum absolute atomic E-state index is 13.0. The molecule has 1 aliphatic rings. The van der Waals surface area contributed by atoms with Crippen LogP contribution in [0.3, 0.4) is 0 Å². The summed E-state index contributed by atoms with van der Waals surface area (Å²) in [5.41, 5.74) is 2.28. The number of fused-ring (bicyclic) bond motifs is 1. The van der Waals surface area contributed by atoms with Crippen molar-refractivity contribution in [2.45, 2.75) is 38.8 Å². The van der Waals surface area contributed by atoms with Crippen LogP contribution in [0.25, 0.3) is 0 Å². The van der Waals surface area contributed by atoms with Gasteiger partial charge in [-0.25, -0.2) is 4.39 Å². The van der Waals surface area contributed by atoms with Crippen molar-refractivity contribution in [2.24, 2.45) is 0 Å². The lowest BCUT2D eigenvalue weighted by Gasteiger charge is -2.28. The number of furan rings is 1. The summed E-state index contributed by atoms with van der Waals surface area (Å²) in [5.74, 6) is 1.89. The van der Waals surface area contributed by atoms with Gasteiger partial charge in [-0.1, -0.05) is 19.1 Å². The Hall–Kier alpha value is -1.61. The summed E-state index contributed by atoms with van der Waals surface area (Å²) in [6, 6.07) is 9.29. The van der Waals surface area contributed by atoms with Gasteiger partial charge in [0.2, 0.25) is 0 Å². The molecule has 2 atom stereocenters. The van der Waals surface area contributed by atoms with Crippen molar-refractivity contribution >= 4 is 0 Å². The molecule has 2 unspecified atom stereocenters. The van der Waals surface area contributed by atoms with E-state index in [2.05, 4.69) is 25.2 Å². The fourth-order valence-corrected chi connectivity index (χ4v) is 2.72. The molecule has 0 aliphatic carbocycles. The normalized spacial score (nSPS) is 22.3. The summed E-state index contributed by atoms with van der Waals surface area (Å²) in [6.45, 7) is 4.24. The minimum absolute atomic E-state index is 0.100. The third-order valence-electron chi connectivity index (χ3n) is 3.70. The minimum atomic E-state index is -0.200. The summed E-state index contributed by atoms with van der Waals surface area (Å²) in [5, 5.41) is 3.56. The highest BCUT2D eigenvalue weighted by molar-refractivity contribution is 5.37. The van der Waals surface area contributed by atoms with E-state index in [1.165, 1.54) is 17.7 Å². The van der Waals surface area contributed by atoms with Crippen molar-refractivity contribution in [3.05, 3.63) is 58.8 Å². The van der Waals surface area contributed by atoms with E-state index in [0.29, 0.717) is 6.04 Å². The van der Waals surface area contributed by atoms with Gasteiger partial charge in [-0.3, -0.25) is 0 Å². The molecule has 1 aliphatic heterocycles. The topological polar surface area (TPSA) is 25.2 Å². The maximum Gasteiger partial charge on any atom is 0.123 e. The molecule has 1 aromatic heterocycles. The van der Waals surface area contributed by atoms with E-state index in [4.69, 9.17) is 4.42 Å². The van der Waals surface area contributed by atoms with Crippen molar-refractivity contribution in [2.75, 3.05) is 0 Å². The Morgan fingerprint density at radius 2 is 2.05 bits per heavy atom. The van der Waals surface area contributed by atoms with Gasteiger partial charge < -0.3 is 9.73 Å².